The Hall–Kier alpha value is -0.250. The van der Waals surface area contributed by atoms with E-state index < -0.39 is 12.1 Å². The summed E-state index contributed by atoms with van der Waals surface area (Å²) in [4.78, 5) is 0. The molecular formula is C9H16F3N. The Balaban J connectivity index is 2.65. The van der Waals surface area contributed by atoms with Crippen LogP contribution in [0.4, 0.5) is 13.2 Å². The van der Waals surface area contributed by atoms with Crippen LogP contribution in [0.15, 0.2) is 0 Å². The average molecular weight is 195 g/mol. The maximum Gasteiger partial charge on any atom is 0.392 e. The predicted molar refractivity (Wildman–Crippen MR) is 45.2 cm³/mol. The van der Waals surface area contributed by atoms with E-state index in [1.807, 2.05) is 0 Å². The van der Waals surface area contributed by atoms with Gasteiger partial charge in [-0.2, -0.15) is 13.2 Å². The zero-order valence-corrected chi connectivity index (χ0v) is 7.61. The van der Waals surface area contributed by atoms with Crippen molar-refractivity contribution in [3.8, 4) is 0 Å². The fourth-order valence-corrected chi connectivity index (χ4v) is 2.10. The van der Waals surface area contributed by atoms with E-state index in [1.54, 1.807) is 0 Å². The highest BCUT2D eigenvalue weighted by Gasteiger charge is 2.43. The summed E-state index contributed by atoms with van der Waals surface area (Å²) in [5.74, 6) is -1.50. The van der Waals surface area contributed by atoms with Gasteiger partial charge in [-0.05, 0) is 25.3 Å². The summed E-state index contributed by atoms with van der Waals surface area (Å²) in [5.41, 5.74) is 5.36. The zero-order chi connectivity index (χ0) is 9.90. The van der Waals surface area contributed by atoms with Gasteiger partial charge in [0.25, 0.3) is 0 Å². The van der Waals surface area contributed by atoms with Crippen LogP contribution in [0.3, 0.4) is 0 Å². The molecule has 1 fully saturated rings. The van der Waals surface area contributed by atoms with Crippen molar-refractivity contribution >= 4 is 0 Å². The topological polar surface area (TPSA) is 26.0 Å². The van der Waals surface area contributed by atoms with Gasteiger partial charge in [-0.15, -0.1) is 0 Å². The molecule has 0 heterocycles. The van der Waals surface area contributed by atoms with E-state index in [0.29, 0.717) is 12.8 Å². The molecule has 0 aliphatic heterocycles. The van der Waals surface area contributed by atoms with Crippen molar-refractivity contribution in [3.05, 3.63) is 0 Å². The molecule has 0 aromatic rings. The van der Waals surface area contributed by atoms with Crippen LogP contribution in [0.2, 0.25) is 0 Å². The molecule has 0 amide bonds. The van der Waals surface area contributed by atoms with Crippen molar-refractivity contribution in [1.82, 2.24) is 0 Å². The zero-order valence-electron chi connectivity index (χ0n) is 7.61. The summed E-state index contributed by atoms with van der Waals surface area (Å²) in [6.45, 7) is 0.171. The van der Waals surface area contributed by atoms with Crippen LogP contribution >= 0.6 is 0 Å². The highest BCUT2D eigenvalue weighted by molar-refractivity contribution is 4.79. The van der Waals surface area contributed by atoms with Gasteiger partial charge in [-0.3, -0.25) is 0 Å². The van der Waals surface area contributed by atoms with Gasteiger partial charge >= 0.3 is 6.18 Å². The van der Waals surface area contributed by atoms with Crippen LogP contribution in [0.5, 0.6) is 0 Å². The first-order valence-corrected chi connectivity index (χ1v) is 4.82. The van der Waals surface area contributed by atoms with E-state index in [1.165, 1.54) is 0 Å². The van der Waals surface area contributed by atoms with Crippen LogP contribution in [-0.2, 0) is 0 Å². The second-order valence-corrected chi connectivity index (χ2v) is 3.78. The van der Waals surface area contributed by atoms with Crippen LogP contribution in [0.25, 0.3) is 0 Å². The fraction of sp³-hybridized carbons (Fsp3) is 1.00. The molecule has 78 valence electrons. The first kappa shape index (κ1) is 10.8. The molecule has 0 spiro atoms. The van der Waals surface area contributed by atoms with Gasteiger partial charge in [0.1, 0.15) is 0 Å². The predicted octanol–water partition coefficient (Wildman–Crippen LogP) is 2.70. The fourth-order valence-electron chi connectivity index (χ4n) is 2.10. The van der Waals surface area contributed by atoms with Crippen molar-refractivity contribution in [3.63, 3.8) is 0 Å². The minimum atomic E-state index is -4.05. The standard InChI is InChI=1S/C9H16F3N/c10-9(11,12)8-5-3-1-2-4-7(8)6-13/h7-8H,1-6,13H2. The van der Waals surface area contributed by atoms with E-state index in [-0.39, 0.29) is 18.9 Å². The smallest absolute Gasteiger partial charge is 0.330 e. The molecule has 1 rings (SSSR count). The molecule has 4 heteroatoms. The Bertz CT molecular complexity index is 155. The van der Waals surface area contributed by atoms with Crippen LogP contribution in [0, 0.1) is 11.8 Å². The molecule has 0 saturated heterocycles. The number of hydrogen-bond donors (Lipinski definition) is 1. The maximum atomic E-state index is 12.5. The number of hydrogen-bond acceptors (Lipinski definition) is 1. The molecule has 1 nitrogen and oxygen atoms in total. The van der Waals surface area contributed by atoms with E-state index in [4.69, 9.17) is 5.73 Å². The Morgan fingerprint density at radius 2 is 1.69 bits per heavy atom. The molecule has 2 unspecified atom stereocenters. The van der Waals surface area contributed by atoms with Crippen LogP contribution in [0.1, 0.15) is 32.1 Å². The summed E-state index contributed by atoms with van der Waals surface area (Å²) in [5, 5.41) is 0. The largest absolute Gasteiger partial charge is 0.392 e. The van der Waals surface area contributed by atoms with Crippen molar-refractivity contribution in [2.24, 2.45) is 17.6 Å². The highest BCUT2D eigenvalue weighted by atomic mass is 19.4. The van der Waals surface area contributed by atoms with Gasteiger partial charge in [0.15, 0.2) is 0 Å². The normalized spacial score (nSPS) is 31.4. The molecule has 13 heavy (non-hydrogen) atoms. The maximum absolute atomic E-state index is 12.5. The van der Waals surface area contributed by atoms with Gasteiger partial charge in [0.2, 0.25) is 0 Å². The molecule has 0 bridgehead atoms. The van der Waals surface area contributed by atoms with Crippen molar-refractivity contribution in [2.75, 3.05) is 6.54 Å². The molecule has 0 radical (unpaired) electrons. The molecular weight excluding hydrogens is 179 g/mol. The summed E-state index contributed by atoms with van der Waals surface area (Å²) in [7, 11) is 0. The minimum Gasteiger partial charge on any atom is -0.330 e. The summed E-state index contributed by atoms with van der Waals surface area (Å²) < 4.78 is 37.5. The third-order valence-corrected chi connectivity index (χ3v) is 2.88. The Morgan fingerprint density at radius 1 is 1.08 bits per heavy atom. The monoisotopic (exact) mass is 195 g/mol. The minimum absolute atomic E-state index is 0.171. The van der Waals surface area contributed by atoms with E-state index in [0.717, 1.165) is 12.8 Å². The quantitative estimate of drug-likeness (QED) is 0.639. The first-order chi connectivity index (χ1) is 6.05. The van der Waals surface area contributed by atoms with Gasteiger partial charge in [0.05, 0.1) is 5.92 Å². The number of alkyl halides is 3. The lowest BCUT2D eigenvalue weighted by Crippen LogP contribution is -2.33. The van der Waals surface area contributed by atoms with Crippen LogP contribution in [-0.4, -0.2) is 12.7 Å². The third-order valence-electron chi connectivity index (χ3n) is 2.88. The highest BCUT2D eigenvalue weighted by Crippen LogP contribution is 2.39. The van der Waals surface area contributed by atoms with E-state index in [9.17, 15) is 13.2 Å². The Labute approximate surface area is 76.5 Å². The molecule has 1 saturated carbocycles. The molecule has 1 aliphatic rings. The lowest BCUT2D eigenvalue weighted by Gasteiger charge is -2.25. The Kier molecular flexibility index (Phi) is 3.59. The number of halogens is 3. The Morgan fingerprint density at radius 3 is 2.23 bits per heavy atom. The van der Waals surface area contributed by atoms with Crippen molar-refractivity contribution in [1.29, 1.82) is 0 Å². The molecule has 0 aromatic heterocycles. The second-order valence-electron chi connectivity index (χ2n) is 3.78. The van der Waals surface area contributed by atoms with Gasteiger partial charge in [-0.25, -0.2) is 0 Å². The summed E-state index contributed by atoms with van der Waals surface area (Å²) in [6, 6.07) is 0. The number of rotatable bonds is 1. The lowest BCUT2D eigenvalue weighted by molar-refractivity contribution is -0.189. The molecule has 2 atom stereocenters. The van der Waals surface area contributed by atoms with Gasteiger partial charge in [0, 0.05) is 0 Å². The average Bonchev–Trinajstić information content (AvgIpc) is 2.26. The van der Waals surface area contributed by atoms with Crippen molar-refractivity contribution in [2.45, 2.75) is 38.3 Å². The summed E-state index contributed by atoms with van der Waals surface area (Å²) >= 11 is 0. The summed E-state index contributed by atoms with van der Waals surface area (Å²) in [6.07, 6.45) is -0.626. The van der Waals surface area contributed by atoms with Gasteiger partial charge < -0.3 is 5.73 Å². The van der Waals surface area contributed by atoms with Gasteiger partial charge in [-0.1, -0.05) is 19.3 Å². The third kappa shape index (κ3) is 2.86. The van der Waals surface area contributed by atoms with Crippen molar-refractivity contribution < 1.29 is 13.2 Å². The lowest BCUT2D eigenvalue weighted by atomic mass is 9.87. The van der Waals surface area contributed by atoms with E-state index in [2.05, 4.69) is 0 Å². The second kappa shape index (κ2) is 4.31. The number of nitrogens with two attached hydrogens (primary N) is 1. The molecule has 2 N–H and O–H groups in total. The first-order valence-electron chi connectivity index (χ1n) is 4.82. The molecule has 0 aromatic carbocycles. The SMILES string of the molecule is NCC1CCCCCC1C(F)(F)F. The molecule has 1 aliphatic carbocycles. The van der Waals surface area contributed by atoms with Crippen LogP contribution < -0.4 is 5.73 Å². The van der Waals surface area contributed by atoms with E-state index >= 15 is 0 Å².